The van der Waals surface area contributed by atoms with E-state index in [0.29, 0.717) is 22.2 Å². The number of hydrogen-bond donors (Lipinski definition) is 1. The Morgan fingerprint density at radius 1 is 0.857 bits per heavy atom. The molecule has 0 aromatic rings. The second-order valence-electron chi connectivity index (χ2n) is 11.3. The molecule has 1 heteroatoms. The smallest absolute Gasteiger partial charge is 0.0130 e. The number of rotatable bonds is 0. The van der Waals surface area contributed by atoms with E-state index in [1.807, 2.05) is 0 Å². The fourth-order valence-electron chi connectivity index (χ4n) is 4.69. The van der Waals surface area contributed by atoms with Crippen molar-refractivity contribution in [2.75, 3.05) is 6.54 Å². The first-order valence-electron chi connectivity index (χ1n) is 8.75. The molecule has 1 nitrogen and oxygen atoms in total. The first kappa shape index (κ1) is 19.0. The van der Waals surface area contributed by atoms with Crippen LogP contribution in [0.15, 0.2) is 0 Å². The van der Waals surface area contributed by atoms with Crippen molar-refractivity contribution in [2.45, 2.75) is 94.5 Å². The van der Waals surface area contributed by atoms with E-state index in [9.17, 15) is 0 Å². The van der Waals surface area contributed by atoms with Crippen LogP contribution in [0.25, 0.3) is 0 Å². The highest BCUT2D eigenvalue weighted by atomic mass is 15.0. The molecule has 1 heterocycles. The van der Waals surface area contributed by atoms with Crippen LogP contribution in [0.5, 0.6) is 0 Å². The van der Waals surface area contributed by atoms with E-state index in [4.69, 9.17) is 0 Å². The maximum absolute atomic E-state index is 3.87. The molecule has 0 saturated carbocycles. The molecule has 1 fully saturated rings. The van der Waals surface area contributed by atoms with E-state index in [0.717, 1.165) is 6.54 Å². The molecule has 21 heavy (non-hydrogen) atoms. The molecule has 1 atom stereocenters. The van der Waals surface area contributed by atoms with E-state index < -0.39 is 0 Å². The summed E-state index contributed by atoms with van der Waals surface area (Å²) in [6.07, 6.45) is 2.54. The highest BCUT2D eigenvalue weighted by molar-refractivity contribution is 5.02. The molecule has 0 aliphatic carbocycles. The van der Waals surface area contributed by atoms with Crippen molar-refractivity contribution in [2.24, 2.45) is 27.6 Å². The predicted octanol–water partition coefficient (Wildman–Crippen LogP) is 5.89. The minimum absolute atomic E-state index is 0.212. The molecule has 1 saturated heterocycles. The first-order valence-corrected chi connectivity index (χ1v) is 8.75. The minimum atomic E-state index is 0.212. The van der Waals surface area contributed by atoms with Gasteiger partial charge in [0.1, 0.15) is 0 Å². The van der Waals surface area contributed by atoms with Crippen molar-refractivity contribution in [1.29, 1.82) is 0 Å². The summed E-state index contributed by atoms with van der Waals surface area (Å²) < 4.78 is 0. The van der Waals surface area contributed by atoms with Crippen LogP contribution in [0.4, 0.5) is 0 Å². The van der Waals surface area contributed by atoms with Gasteiger partial charge in [-0.25, -0.2) is 0 Å². The summed E-state index contributed by atoms with van der Waals surface area (Å²) in [4.78, 5) is 0. The summed E-state index contributed by atoms with van der Waals surface area (Å²) in [5.74, 6) is 0.714. The van der Waals surface area contributed by atoms with Gasteiger partial charge in [-0.15, -0.1) is 0 Å². The third-order valence-corrected chi connectivity index (χ3v) is 6.35. The molecule has 126 valence electrons. The van der Waals surface area contributed by atoms with Crippen molar-refractivity contribution in [1.82, 2.24) is 5.32 Å². The van der Waals surface area contributed by atoms with Crippen LogP contribution in [-0.2, 0) is 0 Å². The molecule has 0 amide bonds. The third kappa shape index (κ3) is 4.24. The first-order chi connectivity index (χ1) is 9.00. The Kier molecular flexibility index (Phi) is 4.75. The van der Waals surface area contributed by atoms with E-state index in [1.54, 1.807) is 0 Å². The largest absolute Gasteiger partial charge is 0.311 e. The van der Waals surface area contributed by atoms with Crippen molar-refractivity contribution in [3.05, 3.63) is 0 Å². The minimum Gasteiger partial charge on any atom is -0.311 e. The van der Waals surface area contributed by atoms with Gasteiger partial charge in [0.15, 0.2) is 0 Å². The highest BCUT2D eigenvalue weighted by Gasteiger charge is 2.50. The monoisotopic (exact) mass is 295 g/mol. The zero-order valence-corrected chi connectivity index (χ0v) is 16.7. The lowest BCUT2D eigenvalue weighted by atomic mass is 9.52. The Morgan fingerprint density at radius 3 is 1.76 bits per heavy atom. The second kappa shape index (κ2) is 5.25. The zero-order valence-electron chi connectivity index (χ0n) is 16.7. The van der Waals surface area contributed by atoms with Crippen LogP contribution in [0, 0.1) is 27.6 Å². The molecule has 0 bridgehead atoms. The molecule has 0 aromatic carbocycles. The van der Waals surface area contributed by atoms with E-state index >= 15 is 0 Å². The maximum atomic E-state index is 3.87. The van der Waals surface area contributed by atoms with Gasteiger partial charge >= 0.3 is 0 Å². The molecule has 1 rings (SSSR count). The molecule has 1 aliphatic heterocycles. The lowest BCUT2D eigenvalue weighted by molar-refractivity contribution is -0.0358. The maximum Gasteiger partial charge on any atom is 0.0130 e. The fraction of sp³-hybridized carbons (Fsp3) is 1.00. The van der Waals surface area contributed by atoms with Gasteiger partial charge in [0, 0.05) is 12.1 Å². The number of hydrogen-bond acceptors (Lipinski definition) is 1. The van der Waals surface area contributed by atoms with Gasteiger partial charge in [0.05, 0.1) is 0 Å². The van der Waals surface area contributed by atoms with Crippen LogP contribution >= 0.6 is 0 Å². The van der Waals surface area contributed by atoms with Crippen molar-refractivity contribution >= 4 is 0 Å². The van der Waals surface area contributed by atoms with E-state index in [-0.39, 0.29) is 11.0 Å². The van der Waals surface area contributed by atoms with Crippen LogP contribution in [0.2, 0.25) is 0 Å². The summed E-state index contributed by atoms with van der Waals surface area (Å²) in [5.41, 5.74) is 1.50. The topological polar surface area (TPSA) is 12.0 Å². The second-order valence-corrected chi connectivity index (χ2v) is 11.3. The van der Waals surface area contributed by atoms with Gasteiger partial charge in [-0.05, 0) is 54.3 Å². The van der Waals surface area contributed by atoms with Gasteiger partial charge in [0.2, 0.25) is 0 Å². The Labute approximate surface area is 134 Å². The Bertz CT molecular complexity index is 366. The Balaban J connectivity index is 3.35. The molecular weight excluding hydrogens is 254 g/mol. The highest BCUT2D eigenvalue weighted by Crippen LogP contribution is 2.56. The van der Waals surface area contributed by atoms with E-state index in [1.165, 1.54) is 12.8 Å². The molecule has 1 aliphatic rings. The average Bonchev–Trinajstić information content (AvgIpc) is 2.21. The quantitative estimate of drug-likeness (QED) is 0.587. The summed E-state index contributed by atoms with van der Waals surface area (Å²) >= 11 is 0. The fourth-order valence-corrected chi connectivity index (χ4v) is 4.69. The third-order valence-electron chi connectivity index (χ3n) is 6.35. The van der Waals surface area contributed by atoms with Crippen LogP contribution in [-0.4, -0.2) is 12.1 Å². The zero-order chi connectivity index (χ0) is 16.9. The standard InChI is InChI=1S/C20H41N/c1-16(2,3)15-12-17(4,5)13-19(8,9)21-14-18(6,7)20(15,10)11/h15,21H,12-14H2,1-11H3. The van der Waals surface area contributed by atoms with E-state index in [2.05, 4.69) is 81.5 Å². The van der Waals surface area contributed by atoms with Gasteiger partial charge in [-0.1, -0.05) is 62.3 Å². The summed E-state index contributed by atoms with van der Waals surface area (Å²) in [6, 6.07) is 0. The molecule has 0 aromatic heterocycles. The van der Waals surface area contributed by atoms with Crippen molar-refractivity contribution < 1.29 is 0 Å². The van der Waals surface area contributed by atoms with Crippen molar-refractivity contribution in [3.63, 3.8) is 0 Å². The lowest BCUT2D eigenvalue weighted by Gasteiger charge is -2.53. The van der Waals surface area contributed by atoms with Gasteiger partial charge < -0.3 is 5.32 Å². The Morgan fingerprint density at radius 2 is 1.33 bits per heavy atom. The molecular formula is C20H41N. The summed E-state index contributed by atoms with van der Waals surface area (Å²) in [6.45, 7) is 28.0. The van der Waals surface area contributed by atoms with Crippen LogP contribution in [0.1, 0.15) is 89.0 Å². The predicted molar refractivity (Wildman–Crippen MR) is 95.6 cm³/mol. The average molecular weight is 296 g/mol. The SMILES string of the molecule is CC1(C)CC(C(C)(C)C)C(C)(C)C(C)(C)CNC(C)(C)C1. The van der Waals surface area contributed by atoms with Gasteiger partial charge in [0.25, 0.3) is 0 Å². The van der Waals surface area contributed by atoms with Crippen LogP contribution < -0.4 is 5.32 Å². The lowest BCUT2D eigenvalue weighted by Crippen LogP contribution is -2.51. The Hall–Kier alpha value is -0.0400. The van der Waals surface area contributed by atoms with Gasteiger partial charge in [-0.2, -0.15) is 0 Å². The summed E-state index contributed by atoms with van der Waals surface area (Å²) in [7, 11) is 0. The molecule has 1 unspecified atom stereocenters. The number of nitrogens with one attached hydrogen (secondary N) is 1. The van der Waals surface area contributed by atoms with Crippen molar-refractivity contribution in [3.8, 4) is 0 Å². The summed E-state index contributed by atoms with van der Waals surface area (Å²) in [5, 5.41) is 3.87. The van der Waals surface area contributed by atoms with Gasteiger partial charge in [-0.3, -0.25) is 0 Å². The normalized spacial score (nSPS) is 31.9. The van der Waals surface area contributed by atoms with Crippen LogP contribution in [0.3, 0.4) is 0 Å². The molecule has 0 radical (unpaired) electrons. The molecule has 0 spiro atoms. The molecule has 1 N–H and O–H groups in total.